The minimum atomic E-state index is -0.0116. The van der Waals surface area contributed by atoms with Crippen LogP contribution >= 0.6 is 0 Å². The van der Waals surface area contributed by atoms with Gasteiger partial charge in [-0.25, -0.2) is 4.98 Å². The number of aryl methyl sites for hydroxylation is 3. The average Bonchev–Trinajstić information content (AvgIpc) is 3.11. The van der Waals surface area contributed by atoms with Crippen LogP contribution in [0.3, 0.4) is 0 Å². The number of nitrogens with one attached hydrogen (secondary N) is 1. The third kappa shape index (κ3) is 4.86. The fourth-order valence-electron chi connectivity index (χ4n) is 4.50. The standard InChI is InChI=1S/C24H31N5O2/c1-15-11-16(2)14-29(13-15)23-22-18(4)28-31-24(22)27-20(26-23)9-10-21(30)25-12-19-8-6-5-7-17(19)3/h5-8,15-16H,9-14H2,1-4H3,(H,25,30). The van der Waals surface area contributed by atoms with E-state index in [1.54, 1.807) is 0 Å². The number of piperidine rings is 1. The lowest BCUT2D eigenvalue weighted by Gasteiger charge is -2.36. The molecule has 1 aliphatic rings. The molecular weight excluding hydrogens is 390 g/mol. The van der Waals surface area contributed by atoms with Crippen molar-refractivity contribution in [3.63, 3.8) is 0 Å². The van der Waals surface area contributed by atoms with E-state index in [4.69, 9.17) is 9.51 Å². The molecule has 2 atom stereocenters. The summed E-state index contributed by atoms with van der Waals surface area (Å²) in [6, 6.07) is 8.07. The molecule has 2 unspecified atom stereocenters. The second-order valence-electron chi connectivity index (χ2n) is 8.97. The summed E-state index contributed by atoms with van der Waals surface area (Å²) in [6.07, 6.45) is 2.01. The molecule has 0 saturated carbocycles. The van der Waals surface area contributed by atoms with Gasteiger partial charge in [-0.05, 0) is 43.2 Å². The van der Waals surface area contributed by atoms with Gasteiger partial charge < -0.3 is 14.7 Å². The predicted molar refractivity (Wildman–Crippen MR) is 121 cm³/mol. The van der Waals surface area contributed by atoms with E-state index in [0.717, 1.165) is 35.6 Å². The number of amides is 1. The summed E-state index contributed by atoms with van der Waals surface area (Å²) in [7, 11) is 0. The molecule has 7 heteroatoms. The van der Waals surface area contributed by atoms with Crippen LogP contribution in [-0.2, 0) is 17.8 Å². The van der Waals surface area contributed by atoms with Crippen LogP contribution in [0.5, 0.6) is 0 Å². The molecule has 3 heterocycles. The Bertz CT molecular complexity index is 1070. The monoisotopic (exact) mass is 421 g/mol. The Kier molecular flexibility index (Phi) is 6.20. The molecular formula is C24H31N5O2. The molecule has 1 aliphatic heterocycles. The lowest BCUT2D eigenvalue weighted by molar-refractivity contribution is -0.121. The third-order valence-electron chi connectivity index (χ3n) is 6.02. The zero-order valence-corrected chi connectivity index (χ0v) is 18.8. The van der Waals surface area contributed by atoms with Gasteiger partial charge in [0.15, 0.2) is 0 Å². The number of benzene rings is 1. The van der Waals surface area contributed by atoms with Gasteiger partial charge in [0.05, 0.1) is 5.69 Å². The lowest BCUT2D eigenvalue weighted by atomic mass is 9.92. The minimum absolute atomic E-state index is 0.0116. The lowest BCUT2D eigenvalue weighted by Crippen LogP contribution is -2.39. The van der Waals surface area contributed by atoms with Gasteiger partial charge in [0.1, 0.15) is 17.0 Å². The Labute approximate surface area is 183 Å². The summed E-state index contributed by atoms with van der Waals surface area (Å²) in [6.45, 7) is 11.0. The summed E-state index contributed by atoms with van der Waals surface area (Å²) in [5.41, 5.74) is 3.61. The molecule has 1 saturated heterocycles. The van der Waals surface area contributed by atoms with Gasteiger partial charge in [-0.1, -0.05) is 43.3 Å². The number of carbonyl (C=O) groups excluding carboxylic acids is 1. The Morgan fingerprint density at radius 2 is 1.90 bits per heavy atom. The predicted octanol–water partition coefficient (Wildman–Crippen LogP) is 3.97. The molecule has 31 heavy (non-hydrogen) atoms. The van der Waals surface area contributed by atoms with Crippen LogP contribution in [0, 0.1) is 25.7 Å². The summed E-state index contributed by atoms with van der Waals surface area (Å²) >= 11 is 0. The van der Waals surface area contributed by atoms with Crippen molar-refractivity contribution in [2.24, 2.45) is 11.8 Å². The van der Waals surface area contributed by atoms with Gasteiger partial charge >= 0.3 is 0 Å². The number of carbonyl (C=O) groups is 1. The summed E-state index contributed by atoms with van der Waals surface area (Å²) in [5, 5.41) is 8.00. The van der Waals surface area contributed by atoms with Crippen LogP contribution in [0.25, 0.3) is 11.1 Å². The van der Waals surface area contributed by atoms with Crippen molar-refractivity contribution < 1.29 is 9.32 Å². The van der Waals surface area contributed by atoms with E-state index in [9.17, 15) is 4.79 Å². The van der Waals surface area contributed by atoms with Crippen molar-refractivity contribution in [3.8, 4) is 0 Å². The molecule has 1 amide bonds. The highest BCUT2D eigenvalue weighted by atomic mass is 16.5. The SMILES string of the molecule is Cc1ccccc1CNC(=O)CCc1nc(N2CC(C)CC(C)C2)c2c(C)noc2n1. The second kappa shape index (κ2) is 9.04. The maximum atomic E-state index is 12.4. The van der Waals surface area contributed by atoms with Crippen LogP contribution in [0.1, 0.15) is 49.3 Å². The summed E-state index contributed by atoms with van der Waals surface area (Å²) < 4.78 is 5.47. The Morgan fingerprint density at radius 3 is 2.65 bits per heavy atom. The van der Waals surface area contributed by atoms with Crippen LogP contribution in [-0.4, -0.2) is 34.1 Å². The molecule has 0 spiro atoms. The number of hydrogen-bond acceptors (Lipinski definition) is 6. The molecule has 4 rings (SSSR count). The summed E-state index contributed by atoms with van der Waals surface area (Å²) in [4.78, 5) is 24.2. The van der Waals surface area contributed by atoms with Crippen LogP contribution in [0.4, 0.5) is 5.82 Å². The first-order chi connectivity index (χ1) is 14.9. The maximum Gasteiger partial charge on any atom is 0.263 e. The van der Waals surface area contributed by atoms with Crippen LogP contribution in [0.15, 0.2) is 28.8 Å². The molecule has 2 aromatic heterocycles. The van der Waals surface area contributed by atoms with Crippen molar-refractivity contribution in [2.45, 2.75) is 53.5 Å². The van der Waals surface area contributed by atoms with E-state index >= 15 is 0 Å². The van der Waals surface area contributed by atoms with E-state index in [1.807, 2.05) is 38.1 Å². The van der Waals surface area contributed by atoms with Crippen molar-refractivity contribution in [1.29, 1.82) is 0 Å². The first kappa shape index (κ1) is 21.3. The quantitative estimate of drug-likeness (QED) is 0.648. The van der Waals surface area contributed by atoms with Crippen molar-refractivity contribution in [3.05, 3.63) is 46.9 Å². The van der Waals surface area contributed by atoms with Crippen LogP contribution < -0.4 is 10.2 Å². The highest BCUT2D eigenvalue weighted by molar-refractivity contribution is 5.88. The Morgan fingerprint density at radius 1 is 1.16 bits per heavy atom. The molecule has 3 aromatic rings. The van der Waals surface area contributed by atoms with E-state index < -0.39 is 0 Å². The van der Waals surface area contributed by atoms with E-state index in [-0.39, 0.29) is 5.91 Å². The highest BCUT2D eigenvalue weighted by Crippen LogP contribution is 2.31. The topological polar surface area (TPSA) is 84.2 Å². The van der Waals surface area contributed by atoms with E-state index in [2.05, 4.69) is 34.2 Å². The second-order valence-corrected chi connectivity index (χ2v) is 8.97. The normalized spacial score (nSPS) is 19.0. The van der Waals surface area contributed by atoms with Gasteiger partial charge in [-0.2, -0.15) is 4.98 Å². The first-order valence-corrected chi connectivity index (χ1v) is 11.1. The number of anilines is 1. The van der Waals surface area contributed by atoms with Gasteiger partial charge in [-0.3, -0.25) is 4.79 Å². The van der Waals surface area contributed by atoms with E-state index in [1.165, 1.54) is 12.0 Å². The van der Waals surface area contributed by atoms with Gasteiger partial charge in [-0.15, -0.1) is 0 Å². The van der Waals surface area contributed by atoms with E-state index in [0.29, 0.717) is 42.8 Å². The molecule has 0 radical (unpaired) electrons. The molecule has 7 nitrogen and oxygen atoms in total. The number of nitrogens with zero attached hydrogens (tertiary/aromatic N) is 4. The molecule has 164 valence electrons. The fraction of sp³-hybridized carbons (Fsp3) is 0.500. The Hall–Kier alpha value is -2.96. The first-order valence-electron chi connectivity index (χ1n) is 11.1. The van der Waals surface area contributed by atoms with Gasteiger partial charge in [0.25, 0.3) is 5.71 Å². The maximum absolute atomic E-state index is 12.4. The van der Waals surface area contributed by atoms with Crippen LogP contribution in [0.2, 0.25) is 0 Å². The molecule has 1 aromatic carbocycles. The van der Waals surface area contributed by atoms with Crippen molar-refractivity contribution >= 4 is 22.8 Å². The summed E-state index contributed by atoms with van der Waals surface area (Å²) in [5.74, 6) is 2.70. The average molecular weight is 422 g/mol. The number of rotatable bonds is 6. The minimum Gasteiger partial charge on any atom is -0.355 e. The number of hydrogen-bond donors (Lipinski definition) is 1. The van der Waals surface area contributed by atoms with Gasteiger partial charge in [0, 0.05) is 32.5 Å². The van der Waals surface area contributed by atoms with Crippen molar-refractivity contribution in [1.82, 2.24) is 20.4 Å². The zero-order valence-electron chi connectivity index (χ0n) is 18.8. The fourth-order valence-corrected chi connectivity index (χ4v) is 4.50. The molecule has 1 N–H and O–H groups in total. The van der Waals surface area contributed by atoms with Gasteiger partial charge in [0.2, 0.25) is 5.91 Å². The smallest absolute Gasteiger partial charge is 0.263 e. The number of aromatic nitrogens is 3. The Balaban J connectivity index is 1.48. The molecule has 0 aliphatic carbocycles. The third-order valence-corrected chi connectivity index (χ3v) is 6.02. The number of fused-ring (bicyclic) bond motifs is 1. The molecule has 1 fully saturated rings. The highest BCUT2D eigenvalue weighted by Gasteiger charge is 2.27. The largest absolute Gasteiger partial charge is 0.355 e. The zero-order chi connectivity index (χ0) is 22.0. The molecule has 0 bridgehead atoms. The van der Waals surface area contributed by atoms with Crippen molar-refractivity contribution in [2.75, 3.05) is 18.0 Å².